The first-order chi connectivity index (χ1) is 7.72. The van der Waals surface area contributed by atoms with Gasteiger partial charge in [0.2, 0.25) is 0 Å². The van der Waals surface area contributed by atoms with Crippen molar-refractivity contribution in [2.75, 3.05) is 13.2 Å². The molecule has 2 nitrogen and oxygen atoms in total. The van der Waals surface area contributed by atoms with Crippen molar-refractivity contribution < 1.29 is 9.50 Å². The lowest BCUT2D eigenvalue weighted by Gasteiger charge is -2.18. The molecule has 0 radical (unpaired) electrons. The Labute approximate surface area is 95.5 Å². The van der Waals surface area contributed by atoms with Crippen molar-refractivity contribution in [3.63, 3.8) is 0 Å². The van der Waals surface area contributed by atoms with Crippen molar-refractivity contribution in [1.29, 1.82) is 0 Å². The Morgan fingerprint density at radius 1 is 1.50 bits per heavy atom. The summed E-state index contributed by atoms with van der Waals surface area (Å²) >= 11 is 0. The van der Waals surface area contributed by atoms with E-state index in [0.717, 1.165) is 24.9 Å². The Morgan fingerprint density at radius 2 is 2.31 bits per heavy atom. The second kappa shape index (κ2) is 4.93. The zero-order valence-electron chi connectivity index (χ0n) is 9.54. The van der Waals surface area contributed by atoms with Gasteiger partial charge < -0.3 is 10.4 Å². The second-order valence-corrected chi connectivity index (χ2v) is 4.53. The quantitative estimate of drug-likeness (QED) is 0.765. The van der Waals surface area contributed by atoms with Crippen LogP contribution in [0, 0.1) is 11.7 Å². The van der Waals surface area contributed by atoms with E-state index < -0.39 is 0 Å². The fourth-order valence-corrected chi connectivity index (χ4v) is 2.46. The highest BCUT2D eigenvalue weighted by molar-refractivity contribution is 5.36. The molecule has 1 aliphatic rings. The van der Waals surface area contributed by atoms with Crippen molar-refractivity contribution in [3.8, 4) is 0 Å². The maximum absolute atomic E-state index is 13.2. The Balaban J connectivity index is 2.11. The van der Waals surface area contributed by atoms with Gasteiger partial charge in [0.15, 0.2) is 0 Å². The van der Waals surface area contributed by atoms with Gasteiger partial charge in [-0.2, -0.15) is 0 Å². The van der Waals surface area contributed by atoms with Crippen LogP contribution in [0.25, 0.3) is 0 Å². The van der Waals surface area contributed by atoms with E-state index in [2.05, 4.69) is 12.2 Å². The zero-order chi connectivity index (χ0) is 11.5. The number of halogens is 1. The lowest BCUT2D eigenvalue weighted by Crippen LogP contribution is -2.25. The molecule has 0 heterocycles. The number of hydrogen-bond donors (Lipinski definition) is 2. The van der Waals surface area contributed by atoms with Gasteiger partial charge in [-0.25, -0.2) is 4.39 Å². The van der Waals surface area contributed by atoms with Crippen LogP contribution < -0.4 is 5.32 Å². The monoisotopic (exact) mass is 223 g/mol. The molecule has 16 heavy (non-hydrogen) atoms. The molecule has 0 saturated heterocycles. The highest BCUT2D eigenvalue weighted by Gasteiger charge is 2.28. The first kappa shape index (κ1) is 11.6. The van der Waals surface area contributed by atoms with E-state index in [1.165, 1.54) is 11.6 Å². The standard InChI is InChI=1S/C13H18FNO/c1-9-7-10-3-4-11(14)8-12(10)13(9)15-5-2-6-16/h3-4,8-9,13,15-16H,2,5-7H2,1H3. The van der Waals surface area contributed by atoms with Gasteiger partial charge in [-0.3, -0.25) is 0 Å². The minimum absolute atomic E-state index is 0.165. The van der Waals surface area contributed by atoms with Gasteiger partial charge in [0, 0.05) is 12.6 Å². The maximum Gasteiger partial charge on any atom is 0.123 e. The van der Waals surface area contributed by atoms with Crippen LogP contribution in [0.15, 0.2) is 18.2 Å². The summed E-state index contributed by atoms with van der Waals surface area (Å²) in [6.45, 7) is 3.15. The molecule has 2 N–H and O–H groups in total. The summed E-state index contributed by atoms with van der Waals surface area (Å²) < 4.78 is 13.2. The molecule has 0 aromatic heterocycles. The van der Waals surface area contributed by atoms with Crippen LogP contribution in [0.3, 0.4) is 0 Å². The molecule has 1 aromatic carbocycles. The van der Waals surface area contributed by atoms with Crippen LogP contribution in [0.1, 0.15) is 30.5 Å². The molecule has 2 unspecified atom stereocenters. The summed E-state index contributed by atoms with van der Waals surface area (Å²) in [5.41, 5.74) is 2.33. The van der Waals surface area contributed by atoms with E-state index in [4.69, 9.17) is 5.11 Å². The van der Waals surface area contributed by atoms with Crippen LogP contribution in [0.2, 0.25) is 0 Å². The summed E-state index contributed by atoms with van der Waals surface area (Å²) in [6.07, 6.45) is 1.75. The number of benzene rings is 1. The van der Waals surface area contributed by atoms with E-state index in [0.29, 0.717) is 5.92 Å². The SMILES string of the molecule is CC1Cc2ccc(F)cc2C1NCCCO. The molecule has 0 amide bonds. The van der Waals surface area contributed by atoms with Crippen LogP contribution >= 0.6 is 0 Å². The highest BCUT2D eigenvalue weighted by Crippen LogP contribution is 2.36. The molecule has 2 rings (SSSR count). The van der Waals surface area contributed by atoms with Gasteiger partial charge in [-0.05, 0) is 48.6 Å². The smallest absolute Gasteiger partial charge is 0.123 e. The van der Waals surface area contributed by atoms with E-state index in [1.807, 2.05) is 6.07 Å². The number of nitrogens with one attached hydrogen (secondary N) is 1. The fourth-order valence-electron chi connectivity index (χ4n) is 2.46. The molecule has 2 atom stereocenters. The van der Waals surface area contributed by atoms with Crippen molar-refractivity contribution in [2.24, 2.45) is 5.92 Å². The second-order valence-electron chi connectivity index (χ2n) is 4.53. The van der Waals surface area contributed by atoms with Gasteiger partial charge in [-0.15, -0.1) is 0 Å². The van der Waals surface area contributed by atoms with Gasteiger partial charge >= 0.3 is 0 Å². The predicted octanol–water partition coefficient (Wildman–Crippen LogP) is 2.03. The lowest BCUT2D eigenvalue weighted by atomic mass is 10.0. The number of rotatable bonds is 4. The summed E-state index contributed by atoms with van der Waals surface area (Å²) in [4.78, 5) is 0. The van der Waals surface area contributed by atoms with Gasteiger partial charge in [0.25, 0.3) is 0 Å². The van der Waals surface area contributed by atoms with E-state index >= 15 is 0 Å². The maximum atomic E-state index is 13.2. The molecular weight excluding hydrogens is 205 g/mol. The Bertz CT molecular complexity index is 367. The number of hydrogen-bond acceptors (Lipinski definition) is 2. The van der Waals surface area contributed by atoms with Gasteiger partial charge in [0.05, 0.1) is 0 Å². The van der Waals surface area contributed by atoms with Crippen molar-refractivity contribution in [2.45, 2.75) is 25.8 Å². The van der Waals surface area contributed by atoms with Crippen LogP contribution in [-0.2, 0) is 6.42 Å². The van der Waals surface area contributed by atoms with Gasteiger partial charge in [0.1, 0.15) is 5.82 Å². The van der Waals surface area contributed by atoms with Crippen LogP contribution in [0.5, 0.6) is 0 Å². The first-order valence-electron chi connectivity index (χ1n) is 5.85. The molecule has 0 aliphatic heterocycles. The minimum Gasteiger partial charge on any atom is -0.396 e. The zero-order valence-corrected chi connectivity index (χ0v) is 9.54. The van der Waals surface area contributed by atoms with Crippen LogP contribution in [-0.4, -0.2) is 18.3 Å². The predicted molar refractivity (Wildman–Crippen MR) is 61.7 cm³/mol. The third kappa shape index (κ3) is 2.25. The summed E-state index contributed by atoms with van der Waals surface area (Å²) in [6, 6.07) is 5.28. The largest absolute Gasteiger partial charge is 0.396 e. The topological polar surface area (TPSA) is 32.3 Å². The third-order valence-corrected chi connectivity index (χ3v) is 3.25. The Kier molecular flexibility index (Phi) is 3.56. The van der Waals surface area contributed by atoms with Crippen molar-refractivity contribution in [1.82, 2.24) is 5.32 Å². The van der Waals surface area contributed by atoms with E-state index in [-0.39, 0.29) is 18.5 Å². The van der Waals surface area contributed by atoms with E-state index in [9.17, 15) is 4.39 Å². The number of aliphatic hydroxyl groups is 1. The normalized spacial score (nSPS) is 23.4. The molecule has 88 valence electrons. The molecule has 0 saturated carbocycles. The first-order valence-corrected chi connectivity index (χ1v) is 5.85. The molecular formula is C13H18FNO. The third-order valence-electron chi connectivity index (χ3n) is 3.25. The Hall–Kier alpha value is -0.930. The number of aliphatic hydroxyl groups excluding tert-OH is 1. The molecule has 1 aromatic rings. The van der Waals surface area contributed by atoms with Gasteiger partial charge in [-0.1, -0.05) is 13.0 Å². The number of fused-ring (bicyclic) bond motifs is 1. The lowest BCUT2D eigenvalue weighted by molar-refractivity contribution is 0.279. The molecule has 1 aliphatic carbocycles. The van der Waals surface area contributed by atoms with E-state index in [1.54, 1.807) is 6.07 Å². The summed E-state index contributed by atoms with van der Waals surface area (Å²) in [7, 11) is 0. The summed E-state index contributed by atoms with van der Waals surface area (Å²) in [5, 5.41) is 12.1. The molecule has 0 spiro atoms. The average Bonchev–Trinajstić information content (AvgIpc) is 2.56. The molecule has 0 bridgehead atoms. The molecule has 0 fully saturated rings. The van der Waals surface area contributed by atoms with Crippen molar-refractivity contribution in [3.05, 3.63) is 35.1 Å². The molecule has 3 heteroatoms. The summed E-state index contributed by atoms with van der Waals surface area (Å²) in [5.74, 6) is 0.331. The average molecular weight is 223 g/mol. The Morgan fingerprint density at radius 3 is 3.06 bits per heavy atom. The van der Waals surface area contributed by atoms with Crippen LogP contribution in [0.4, 0.5) is 4.39 Å². The minimum atomic E-state index is -0.165. The van der Waals surface area contributed by atoms with Crippen molar-refractivity contribution >= 4 is 0 Å². The highest BCUT2D eigenvalue weighted by atomic mass is 19.1. The fraction of sp³-hybridized carbons (Fsp3) is 0.538.